The van der Waals surface area contributed by atoms with Crippen LogP contribution in [0.1, 0.15) is 22.5 Å². The van der Waals surface area contributed by atoms with Gasteiger partial charge in [0.15, 0.2) is 0 Å². The maximum Gasteiger partial charge on any atom is 0.149 e. The third-order valence-electron chi connectivity index (χ3n) is 4.16. The van der Waals surface area contributed by atoms with Crippen molar-refractivity contribution in [3.63, 3.8) is 0 Å². The smallest absolute Gasteiger partial charge is 0.149 e. The molecule has 3 nitrogen and oxygen atoms in total. The highest BCUT2D eigenvalue weighted by molar-refractivity contribution is 5.91. The summed E-state index contributed by atoms with van der Waals surface area (Å²) in [4.78, 5) is 0. The molecule has 4 aromatic rings. The Morgan fingerprint density at radius 3 is 2.32 bits per heavy atom. The molecule has 2 aromatic carbocycles. The first-order valence-electron chi connectivity index (χ1n) is 8.07. The first kappa shape index (κ1) is 15.3. The molecule has 122 valence electrons. The van der Waals surface area contributed by atoms with Crippen LogP contribution in [0.3, 0.4) is 0 Å². The minimum atomic E-state index is -0.330. The van der Waals surface area contributed by atoms with Crippen LogP contribution in [0.4, 0.5) is 4.39 Å². The maximum atomic E-state index is 14.8. The Hall–Kier alpha value is -3.27. The van der Waals surface area contributed by atoms with Gasteiger partial charge >= 0.3 is 0 Å². The highest BCUT2D eigenvalue weighted by atomic mass is 19.1. The van der Waals surface area contributed by atoms with Gasteiger partial charge in [0.05, 0.1) is 11.2 Å². The van der Waals surface area contributed by atoms with Gasteiger partial charge in [0.1, 0.15) is 11.5 Å². The van der Waals surface area contributed by atoms with E-state index < -0.39 is 0 Å². The second-order valence-corrected chi connectivity index (χ2v) is 5.84. The molecule has 0 bridgehead atoms. The molecule has 0 aliphatic heterocycles. The van der Waals surface area contributed by atoms with Crippen LogP contribution >= 0.6 is 0 Å². The van der Waals surface area contributed by atoms with E-state index in [0.29, 0.717) is 5.69 Å². The third kappa shape index (κ3) is 2.83. The molecule has 0 radical (unpaired) electrons. The third-order valence-corrected chi connectivity index (χ3v) is 4.16. The summed E-state index contributed by atoms with van der Waals surface area (Å²) in [5, 5.41) is 8.25. The van der Waals surface area contributed by atoms with Gasteiger partial charge in [-0.15, -0.1) is 5.10 Å². The number of halogens is 1. The molecule has 0 unspecified atom stereocenters. The van der Waals surface area contributed by atoms with Crippen LogP contribution in [0.15, 0.2) is 72.8 Å². The summed E-state index contributed by atoms with van der Waals surface area (Å²) < 4.78 is 16.4. The predicted octanol–water partition coefficient (Wildman–Crippen LogP) is 4.77. The zero-order valence-corrected chi connectivity index (χ0v) is 13.7. The van der Waals surface area contributed by atoms with Crippen molar-refractivity contribution in [3.8, 4) is 0 Å². The van der Waals surface area contributed by atoms with E-state index in [9.17, 15) is 4.39 Å². The average Bonchev–Trinajstić information content (AvgIpc) is 3.03. The second-order valence-electron chi connectivity index (χ2n) is 5.84. The van der Waals surface area contributed by atoms with E-state index in [1.807, 2.05) is 73.7 Å². The standard InChI is InChI=1S/C21H16FN3/c1-15-20-13-12-19(22)21(25(20)24-23-15)18(17-10-6-3-7-11-17)14-16-8-4-2-5-9-16/h2-14H,1H3/b18-14+. The summed E-state index contributed by atoms with van der Waals surface area (Å²) in [6, 6.07) is 22.8. The van der Waals surface area contributed by atoms with E-state index in [-0.39, 0.29) is 5.82 Å². The first-order chi connectivity index (χ1) is 12.2. The molecule has 0 fully saturated rings. The van der Waals surface area contributed by atoms with Gasteiger partial charge in [-0.05, 0) is 36.3 Å². The van der Waals surface area contributed by atoms with Crippen molar-refractivity contribution < 1.29 is 4.39 Å². The van der Waals surface area contributed by atoms with E-state index in [0.717, 1.165) is 27.9 Å². The van der Waals surface area contributed by atoms with Gasteiger partial charge in [0, 0.05) is 5.57 Å². The molecule has 4 heteroatoms. The molecule has 2 heterocycles. The summed E-state index contributed by atoms with van der Waals surface area (Å²) in [6.45, 7) is 1.87. The summed E-state index contributed by atoms with van der Waals surface area (Å²) in [6.07, 6.45) is 1.98. The van der Waals surface area contributed by atoms with Gasteiger partial charge in [-0.25, -0.2) is 8.91 Å². The van der Waals surface area contributed by atoms with Crippen molar-refractivity contribution >= 4 is 17.2 Å². The Morgan fingerprint density at radius 1 is 0.920 bits per heavy atom. The van der Waals surface area contributed by atoms with Crippen LogP contribution < -0.4 is 0 Å². The fourth-order valence-electron chi connectivity index (χ4n) is 2.92. The van der Waals surface area contributed by atoms with Gasteiger partial charge in [-0.2, -0.15) is 0 Å². The highest BCUT2D eigenvalue weighted by Crippen LogP contribution is 2.29. The van der Waals surface area contributed by atoms with Crippen LogP contribution in [0.25, 0.3) is 17.2 Å². The quantitative estimate of drug-likeness (QED) is 0.507. The summed E-state index contributed by atoms with van der Waals surface area (Å²) in [5.41, 5.74) is 4.66. The van der Waals surface area contributed by atoms with Gasteiger partial charge in [0.2, 0.25) is 0 Å². The number of hydrogen-bond acceptors (Lipinski definition) is 2. The Kier molecular flexibility index (Phi) is 3.86. The topological polar surface area (TPSA) is 30.2 Å². The van der Waals surface area contributed by atoms with Crippen molar-refractivity contribution in [2.45, 2.75) is 6.92 Å². The normalized spacial score (nSPS) is 11.8. The van der Waals surface area contributed by atoms with Gasteiger partial charge in [-0.3, -0.25) is 0 Å². The average molecular weight is 329 g/mol. The van der Waals surface area contributed by atoms with Crippen LogP contribution in [0.5, 0.6) is 0 Å². The molecule has 25 heavy (non-hydrogen) atoms. The van der Waals surface area contributed by atoms with Crippen molar-refractivity contribution in [1.29, 1.82) is 0 Å². The second kappa shape index (κ2) is 6.32. The summed E-state index contributed by atoms with van der Waals surface area (Å²) >= 11 is 0. The lowest BCUT2D eigenvalue weighted by Gasteiger charge is -2.12. The van der Waals surface area contributed by atoms with Crippen molar-refractivity contribution in [3.05, 3.63) is 101 Å². The minimum Gasteiger partial charge on any atom is -0.210 e. The minimum absolute atomic E-state index is 0.330. The molecular formula is C21H16FN3. The van der Waals surface area contributed by atoms with E-state index in [1.54, 1.807) is 10.6 Å². The zero-order chi connectivity index (χ0) is 17.2. The molecule has 0 N–H and O–H groups in total. The number of fused-ring (bicyclic) bond motifs is 1. The van der Waals surface area contributed by atoms with Crippen LogP contribution in [0, 0.1) is 12.7 Å². The van der Waals surface area contributed by atoms with Crippen LogP contribution in [-0.2, 0) is 0 Å². The molecule has 0 spiro atoms. The first-order valence-corrected chi connectivity index (χ1v) is 8.07. The molecule has 0 amide bonds. The van der Waals surface area contributed by atoms with Crippen molar-refractivity contribution in [2.24, 2.45) is 0 Å². The van der Waals surface area contributed by atoms with Gasteiger partial charge in [-0.1, -0.05) is 65.9 Å². The van der Waals surface area contributed by atoms with Gasteiger partial charge in [0.25, 0.3) is 0 Å². The molecule has 0 saturated carbocycles. The lowest BCUT2D eigenvalue weighted by atomic mass is 9.98. The molecule has 0 aliphatic rings. The Morgan fingerprint density at radius 2 is 1.60 bits per heavy atom. The highest BCUT2D eigenvalue weighted by Gasteiger charge is 2.17. The maximum absolute atomic E-state index is 14.8. The van der Waals surface area contributed by atoms with Crippen molar-refractivity contribution in [1.82, 2.24) is 14.8 Å². The number of rotatable bonds is 3. The summed E-state index contributed by atoms with van der Waals surface area (Å²) in [7, 11) is 0. The largest absolute Gasteiger partial charge is 0.210 e. The van der Waals surface area contributed by atoms with E-state index in [2.05, 4.69) is 10.3 Å². The van der Waals surface area contributed by atoms with E-state index in [4.69, 9.17) is 0 Å². The molecule has 4 rings (SSSR count). The molecule has 2 aromatic heterocycles. The number of hydrogen-bond donors (Lipinski definition) is 0. The summed E-state index contributed by atoms with van der Waals surface area (Å²) in [5.74, 6) is -0.330. The SMILES string of the molecule is Cc1nnn2c(/C(=C/c3ccccc3)c3ccccc3)c(F)ccc12. The Balaban J connectivity index is 2.03. The van der Waals surface area contributed by atoms with Crippen molar-refractivity contribution in [2.75, 3.05) is 0 Å². The number of benzene rings is 2. The lowest BCUT2D eigenvalue weighted by molar-refractivity contribution is 0.607. The lowest BCUT2D eigenvalue weighted by Crippen LogP contribution is -2.03. The number of aryl methyl sites for hydroxylation is 1. The van der Waals surface area contributed by atoms with Crippen LogP contribution in [0.2, 0.25) is 0 Å². The zero-order valence-electron chi connectivity index (χ0n) is 13.7. The fraction of sp³-hybridized carbons (Fsp3) is 0.0476. The van der Waals surface area contributed by atoms with E-state index >= 15 is 0 Å². The Bertz CT molecular complexity index is 1050. The molecule has 0 atom stereocenters. The predicted molar refractivity (Wildman–Crippen MR) is 97.5 cm³/mol. The number of nitrogens with zero attached hydrogens (tertiary/aromatic N) is 3. The van der Waals surface area contributed by atoms with Gasteiger partial charge < -0.3 is 0 Å². The number of aromatic nitrogens is 3. The molecule has 0 aliphatic carbocycles. The molecule has 0 saturated heterocycles. The van der Waals surface area contributed by atoms with E-state index in [1.165, 1.54) is 6.07 Å². The monoisotopic (exact) mass is 329 g/mol. The fourth-order valence-corrected chi connectivity index (χ4v) is 2.92. The molecular weight excluding hydrogens is 313 g/mol. The number of pyridine rings is 1. The Labute approximate surface area is 145 Å². The van der Waals surface area contributed by atoms with Crippen LogP contribution in [-0.4, -0.2) is 14.8 Å².